The van der Waals surface area contributed by atoms with Crippen LogP contribution in [0.5, 0.6) is 0 Å². The zero-order valence-electron chi connectivity index (χ0n) is 45.8. The van der Waals surface area contributed by atoms with Crippen molar-refractivity contribution in [3.8, 4) is 11.1 Å². The van der Waals surface area contributed by atoms with Crippen LogP contribution in [-0.4, -0.2) is 16.1 Å². The average molecular weight is 966 g/mol. The second-order valence-electron chi connectivity index (χ2n) is 24.2. The summed E-state index contributed by atoms with van der Waals surface area (Å²) in [6.45, 7) is 0. The normalized spacial score (nSPS) is 26.7. The smallest absolute Gasteiger partial charge is 0.0624 e. The topological polar surface area (TPSA) is 0 Å². The predicted molar refractivity (Wildman–Crippen MR) is 313 cm³/mol. The molecule has 68 heavy (non-hydrogen) atoms. The standard InChI is InChI=1S/C66H116Si2/c1-2-8-14-20-26-32-38-44-58-68-61-47-41-35-29-23-17-11-5-3-9-15-21-27-33-39-45-59-67(57-43-37-31-25-19-13-7-1,65-53-49-63(50-54-65)64-51-55-66(68)56-52-64)60-46-40-34-28-22-16-10-4-6-12-18-24-30-36-42-48-62-68/h49-56H,1-48,57-62H2. The highest BCUT2D eigenvalue weighted by Gasteiger charge is 2.35. The zero-order valence-corrected chi connectivity index (χ0v) is 47.8. The molecular formula is C66H116Si2. The van der Waals surface area contributed by atoms with Crippen LogP contribution >= 0.6 is 0 Å². The van der Waals surface area contributed by atoms with E-state index in [0.717, 1.165) is 0 Å². The van der Waals surface area contributed by atoms with Crippen LogP contribution in [0.15, 0.2) is 48.5 Å². The van der Waals surface area contributed by atoms with Gasteiger partial charge in [-0.3, -0.25) is 0 Å². The molecule has 0 aliphatic carbocycles. The summed E-state index contributed by atoms with van der Waals surface area (Å²) in [6, 6.07) is 30.6. The summed E-state index contributed by atoms with van der Waals surface area (Å²) in [5.41, 5.74) is 2.95. The Morgan fingerprint density at radius 2 is 0.265 bits per heavy atom. The lowest BCUT2D eigenvalue weighted by molar-refractivity contribution is 0.528. The number of rotatable bonds is 0. The molecule has 0 saturated carbocycles. The molecule has 0 N–H and O–H groups in total. The Morgan fingerprint density at radius 1 is 0.147 bits per heavy atom. The maximum atomic E-state index is 2.72. The van der Waals surface area contributed by atoms with Gasteiger partial charge in [-0.2, -0.15) is 0 Å². The van der Waals surface area contributed by atoms with Crippen molar-refractivity contribution in [2.75, 3.05) is 0 Å². The molecule has 0 radical (unpaired) electrons. The minimum absolute atomic E-state index is 1.48. The summed E-state index contributed by atoms with van der Waals surface area (Å²) >= 11 is 0. The van der Waals surface area contributed by atoms with E-state index in [1.165, 1.54) is 319 Å². The fourth-order valence-corrected chi connectivity index (χ4v) is 24.4. The van der Waals surface area contributed by atoms with Crippen LogP contribution < -0.4 is 10.4 Å². The number of hydrogen-bond donors (Lipinski definition) is 0. The molecule has 0 nitrogen and oxygen atoms in total. The fraction of sp³-hybridized carbons (Fsp3) is 0.818. The molecule has 0 saturated heterocycles. The van der Waals surface area contributed by atoms with Gasteiger partial charge in [-0.15, -0.1) is 0 Å². The molecule has 6 bridgehead atoms. The second kappa shape index (κ2) is 38.5. The first-order valence-corrected chi connectivity index (χ1v) is 37.3. The van der Waals surface area contributed by atoms with E-state index in [2.05, 4.69) is 48.5 Å². The molecular weight excluding hydrogens is 849 g/mol. The van der Waals surface area contributed by atoms with Gasteiger partial charge >= 0.3 is 0 Å². The lowest BCUT2D eigenvalue weighted by Gasteiger charge is -2.34. The van der Waals surface area contributed by atoms with Crippen molar-refractivity contribution in [3.63, 3.8) is 0 Å². The molecule has 0 aromatic heterocycles. The Morgan fingerprint density at radius 3 is 0.397 bits per heavy atom. The van der Waals surface area contributed by atoms with Crippen molar-refractivity contribution >= 4 is 26.5 Å². The predicted octanol–water partition coefficient (Wildman–Crippen LogP) is 22.4. The summed E-state index contributed by atoms with van der Waals surface area (Å²) in [6.07, 6.45) is 71.1. The maximum absolute atomic E-state index is 2.72. The zero-order chi connectivity index (χ0) is 47.2. The lowest BCUT2D eigenvalue weighted by Crippen LogP contribution is -2.47. The molecule has 9 heterocycles. The van der Waals surface area contributed by atoms with Crippen LogP contribution in [0.4, 0.5) is 0 Å². The highest BCUT2D eigenvalue weighted by atomic mass is 28.3. The van der Waals surface area contributed by atoms with Crippen LogP contribution in [0, 0.1) is 0 Å². The third-order valence-electron chi connectivity index (χ3n) is 18.5. The minimum Gasteiger partial charge on any atom is -0.0624 e. The molecule has 9 aliphatic rings. The maximum Gasteiger partial charge on any atom is 0.0867 e. The Balaban J connectivity index is 1.44. The highest BCUT2D eigenvalue weighted by molar-refractivity contribution is 6.92. The van der Waals surface area contributed by atoms with E-state index in [0.29, 0.717) is 0 Å². The molecule has 11 rings (SSSR count). The van der Waals surface area contributed by atoms with Crippen molar-refractivity contribution in [3.05, 3.63) is 48.5 Å². The first kappa shape index (κ1) is 57.8. The molecule has 2 aromatic rings. The molecule has 2 aromatic carbocycles. The van der Waals surface area contributed by atoms with Gasteiger partial charge in [0.15, 0.2) is 0 Å². The summed E-state index contributed by atoms with van der Waals surface area (Å²) < 4.78 is 0. The monoisotopic (exact) mass is 965 g/mol. The van der Waals surface area contributed by atoms with Gasteiger partial charge in [0.2, 0.25) is 0 Å². The van der Waals surface area contributed by atoms with Gasteiger partial charge in [0.1, 0.15) is 0 Å². The van der Waals surface area contributed by atoms with Crippen LogP contribution in [0.3, 0.4) is 0 Å². The molecule has 9 aliphatic heterocycles. The number of hydrogen-bond acceptors (Lipinski definition) is 0. The third-order valence-corrected chi connectivity index (χ3v) is 29.5. The van der Waals surface area contributed by atoms with Gasteiger partial charge < -0.3 is 0 Å². The van der Waals surface area contributed by atoms with Gasteiger partial charge in [0.25, 0.3) is 0 Å². The molecule has 0 unspecified atom stereocenters. The Kier molecular flexibility index (Phi) is 32.7. The second-order valence-corrected chi connectivity index (χ2v) is 33.5. The van der Waals surface area contributed by atoms with Crippen molar-refractivity contribution in [2.45, 2.75) is 344 Å². The molecule has 0 spiro atoms. The summed E-state index contributed by atoms with van der Waals surface area (Å²) in [5.74, 6) is 0. The quantitative estimate of drug-likeness (QED) is 0.231. The first-order chi connectivity index (χ1) is 33.8. The van der Waals surface area contributed by atoms with Crippen molar-refractivity contribution < 1.29 is 0 Å². The van der Waals surface area contributed by atoms with E-state index in [9.17, 15) is 0 Å². The molecule has 2 heteroatoms. The van der Waals surface area contributed by atoms with Crippen LogP contribution in [0.25, 0.3) is 11.1 Å². The Labute approximate surface area is 428 Å². The van der Waals surface area contributed by atoms with Gasteiger partial charge in [-0.25, -0.2) is 0 Å². The van der Waals surface area contributed by atoms with E-state index >= 15 is 0 Å². The molecule has 388 valence electrons. The Bertz CT molecular complexity index is 1220. The molecule has 0 fully saturated rings. The summed E-state index contributed by atoms with van der Waals surface area (Å²) in [5, 5.41) is 3.66. The van der Waals surface area contributed by atoms with E-state index in [1.54, 1.807) is 36.3 Å². The van der Waals surface area contributed by atoms with Crippen LogP contribution in [0.1, 0.15) is 308 Å². The van der Waals surface area contributed by atoms with Gasteiger partial charge in [-0.05, 0) is 11.1 Å². The first-order valence-electron chi connectivity index (χ1n) is 32.0. The van der Waals surface area contributed by atoms with Gasteiger partial charge in [0, 0.05) is 0 Å². The van der Waals surface area contributed by atoms with Crippen molar-refractivity contribution in [2.24, 2.45) is 0 Å². The minimum atomic E-state index is -1.64. The number of benzene rings is 2. The van der Waals surface area contributed by atoms with Crippen LogP contribution in [0.2, 0.25) is 36.3 Å². The van der Waals surface area contributed by atoms with Gasteiger partial charge in [-0.1, -0.05) is 403 Å². The SMILES string of the molecule is c1cc2ccc1-c1ccc(cc1)[Si]13CCCCCCCCCCCCCCCCCC[Si]2(CCCCCCCCCCCCCCCCCC1)CCCCCCCCCCCCCCCCCC3. The average Bonchev–Trinajstić information content (AvgIpc) is 3.36. The van der Waals surface area contributed by atoms with E-state index < -0.39 is 16.1 Å². The van der Waals surface area contributed by atoms with Gasteiger partial charge in [0.05, 0.1) is 16.1 Å². The largest absolute Gasteiger partial charge is 0.0867 e. The van der Waals surface area contributed by atoms with E-state index in [1.807, 2.05) is 10.4 Å². The molecule has 0 atom stereocenters. The molecule has 0 amide bonds. The lowest BCUT2D eigenvalue weighted by atomic mass is 10.0. The van der Waals surface area contributed by atoms with Crippen molar-refractivity contribution in [1.82, 2.24) is 0 Å². The van der Waals surface area contributed by atoms with Crippen molar-refractivity contribution in [1.29, 1.82) is 0 Å². The Hall–Kier alpha value is -1.13. The highest BCUT2D eigenvalue weighted by Crippen LogP contribution is 2.34. The fourth-order valence-electron chi connectivity index (χ4n) is 13.9. The van der Waals surface area contributed by atoms with Crippen LogP contribution in [-0.2, 0) is 0 Å². The summed E-state index contributed by atoms with van der Waals surface area (Å²) in [7, 11) is -3.28. The summed E-state index contributed by atoms with van der Waals surface area (Å²) in [4.78, 5) is 0. The van der Waals surface area contributed by atoms with E-state index in [-0.39, 0.29) is 0 Å². The van der Waals surface area contributed by atoms with E-state index in [4.69, 9.17) is 0 Å². The third kappa shape index (κ3) is 24.5.